The summed E-state index contributed by atoms with van der Waals surface area (Å²) in [6.07, 6.45) is -0.0112. The van der Waals surface area contributed by atoms with E-state index in [-0.39, 0.29) is 11.0 Å². The number of thiophene rings is 1. The Bertz CT molecular complexity index is 950. The van der Waals surface area contributed by atoms with Gasteiger partial charge in [-0.25, -0.2) is 4.79 Å². The number of nitrogens with one attached hydrogen (secondary N) is 2. The molecule has 2 heterocycles. The molecular formula is C19H19BrN2O4S2. The molecule has 0 atom stereocenters. The van der Waals surface area contributed by atoms with Gasteiger partial charge in [0.1, 0.15) is 11.4 Å². The molecule has 6 nitrogen and oxygen atoms in total. The van der Waals surface area contributed by atoms with Crippen molar-refractivity contribution < 1.29 is 19.1 Å². The molecule has 9 heteroatoms. The van der Waals surface area contributed by atoms with Crippen LogP contribution < -0.4 is 15.4 Å². The summed E-state index contributed by atoms with van der Waals surface area (Å²) in [7, 11) is 0. The molecule has 0 fully saturated rings. The van der Waals surface area contributed by atoms with Gasteiger partial charge in [0.15, 0.2) is 5.11 Å². The van der Waals surface area contributed by atoms with Gasteiger partial charge >= 0.3 is 6.09 Å². The summed E-state index contributed by atoms with van der Waals surface area (Å²) in [5, 5.41) is 4.77. The molecule has 2 amide bonds. The van der Waals surface area contributed by atoms with Crippen LogP contribution in [0.25, 0.3) is 10.4 Å². The second kappa shape index (κ2) is 8.18. The maximum Gasteiger partial charge on any atom is 0.413 e. The summed E-state index contributed by atoms with van der Waals surface area (Å²) in [4.78, 5) is 25.8. The van der Waals surface area contributed by atoms with Crippen molar-refractivity contribution in [3.05, 3.63) is 39.2 Å². The van der Waals surface area contributed by atoms with Crippen molar-refractivity contribution in [2.24, 2.45) is 0 Å². The quantitative estimate of drug-likeness (QED) is 0.578. The van der Waals surface area contributed by atoms with Gasteiger partial charge in [-0.3, -0.25) is 15.4 Å². The van der Waals surface area contributed by atoms with Crippen LogP contribution in [0.5, 0.6) is 5.75 Å². The summed E-state index contributed by atoms with van der Waals surface area (Å²) in [5.74, 6) is 0.405. The first-order chi connectivity index (χ1) is 13.1. The van der Waals surface area contributed by atoms with Gasteiger partial charge in [0.05, 0.1) is 11.5 Å². The van der Waals surface area contributed by atoms with Crippen LogP contribution >= 0.6 is 39.5 Å². The van der Waals surface area contributed by atoms with Crippen molar-refractivity contribution in [2.75, 3.05) is 6.61 Å². The molecule has 0 saturated heterocycles. The fraction of sp³-hybridized carbons (Fsp3) is 0.316. The van der Waals surface area contributed by atoms with Crippen LogP contribution in [-0.4, -0.2) is 29.3 Å². The Morgan fingerprint density at radius 2 is 2.00 bits per heavy atom. The predicted octanol–water partition coefficient (Wildman–Crippen LogP) is 4.65. The smallest absolute Gasteiger partial charge is 0.413 e. The molecule has 0 radical (unpaired) electrons. The number of fused-ring (bicyclic) bond motifs is 3. The first-order valence-corrected chi connectivity index (χ1v) is 10.5. The van der Waals surface area contributed by atoms with Crippen molar-refractivity contribution in [1.82, 2.24) is 10.6 Å². The summed E-state index contributed by atoms with van der Waals surface area (Å²) >= 11 is 9.85. The Labute approximate surface area is 180 Å². The molecule has 0 aliphatic carbocycles. The van der Waals surface area contributed by atoms with Crippen molar-refractivity contribution in [3.63, 3.8) is 0 Å². The fourth-order valence-corrected chi connectivity index (χ4v) is 4.27. The van der Waals surface area contributed by atoms with E-state index in [1.807, 2.05) is 24.3 Å². The Morgan fingerprint density at radius 1 is 1.25 bits per heavy atom. The number of hydrogen-bond donors (Lipinski definition) is 2. The number of amides is 2. The average molecular weight is 483 g/mol. The summed E-state index contributed by atoms with van der Waals surface area (Å²) in [6, 6.07) is 7.67. The average Bonchev–Trinajstić information content (AvgIpc) is 2.90. The molecule has 1 aliphatic rings. The minimum atomic E-state index is -0.712. The Hall–Kier alpha value is -1.97. The van der Waals surface area contributed by atoms with Gasteiger partial charge in [0.25, 0.3) is 5.91 Å². The van der Waals surface area contributed by atoms with Crippen molar-refractivity contribution in [2.45, 2.75) is 32.8 Å². The van der Waals surface area contributed by atoms with Crippen molar-refractivity contribution in [1.29, 1.82) is 0 Å². The number of alkyl carbamates (subject to hydrolysis) is 1. The van der Waals surface area contributed by atoms with E-state index in [0.717, 1.165) is 26.2 Å². The third kappa shape index (κ3) is 5.09. The zero-order chi connectivity index (χ0) is 20.5. The molecule has 1 aliphatic heterocycles. The topological polar surface area (TPSA) is 76.7 Å². The van der Waals surface area contributed by atoms with E-state index in [4.69, 9.17) is 21.7 Å². The number of carbonyl (C=O) groups is 2. The van der Waals surface area contributed by atoms with Gasteiger partial charge in [0.2, 0.25) is 0 Å². The second-order valence-electron chi connectivity index (χ2n) is 7.11. The lowest BCUT2D eigenvalue weighted by atomic mass is 10.1. The van der Waals surface area contributed by atoms with Crippen LogP contribution in [0.3, 0.4) is 0 Å². The summed E-state index contributed by atoms with van der Waals surface area (Å²) in [6.45, 7) is 5.76. The molecule has 2 aromatic rings. The van der Waals surface area contributed by atoms with Crippen LogP contribution in [0.1, 0.15) is 36.0 Å². The van der Waals surface area contributed by atoms with E-state index >= 15 is 0 Å². The normalized spacial score (nSPS) is 12.7. The van der Waals surface area contributed by atoms with E-state index in [0.29, 0.717) is 17.9 Å². The van der Waals surface area contributed by atoms with E-state index in [1.165, 1.54) is 11.3 Å². The first-order valence-electron chi connectivity index (χ1n) is 8.53. The van der Waals surface area contributed by atoms with E-state index in [9.17, 15) is 9.59 Å². The highest BCUT2D eigenvalue weighted by Crippen LogP contribution is 2.41. The molecule has 28 heavy (non-hydrogen) atoms. The van der Waals surface area contributed by atoms with E-state index in [2.05, 4.69) is 26.6 Å². The number of ether oxygens (including phenoxy) is 2. The Kier molecular flexibility index (Phi) is 6.07. The monoisotopic (exact) mass is 482 g/mol. The highest BCUT2D eigenvalue weighted by atomic mass is 79.9. The van der Waals surface area contributed by atoms with Gasteiger partial charge < -0.3 is 9.47 Å². The van der Waals surface area contributed by atoms with Crippen molar-refractivity contribution in [3.8, 4) is 16.2 Å². The zero-order valence-electron chi connectivity index (χ0n) is 15.6. The molecule has 3 rings (SSSR count). The maximum atomic E-state index is 12.6. The predicted molar refractivity (Wildman–Crippen MR) is 116 cm³/mol. The number of benzene rings is 1. The lowest BCUT2D eigenvalue weighted by Crippen LogP contribution is -2.44. The summed E-state index contributed by atoms with van der Waals surface area (Å²) < 4.78 is 11.9. The maximum absolute atomic E-state index is 12.6. The van der Waals surface area contributed by atoms with Crippen LogP contribution in [0, 0.1) is 0 Å². The highest BCUT2D eigenvalue weighted by Gasteiger charge is 2.23. The van der Waals surface area contributed by atoms with Gasteiger partial charge in [-0.2, -0.15) is 0 Å². The minimum Gasteiger partial charge on any atom is -0.493 e. The highest BCUT2D eigenvalue weighted by molar-refractivity contribution is 9.10. The molecule has 1 aromatic carbocycles. The molecule has 148 valence electrons. The third-order valence-electron chi connectivity index (χ3n) is 3.69. The van der Waals surface area contributed by atoms with Crippen LogP contribution in [-0.2, 0) is 11.2 Å². The SMILES string of the molecule is CC(C)(C)OC(=O)NC(=S)NC(=O)c1cc2c(s1)-c1ccc(Br)cc1OCC2. The molecular weight excluding hydrogens is 464 g/mol. The van der Waals surface area contributed by atoms with Gasteiger partial charge in [-0.1, -0.05) is 15.9 Å². The molecule has 0 unspecified atom stereocenters. The lowest BCUT2D eigenvalue weighted by Gasteiger charge is -2.19. The molecule has 0 spiro atoms. The number of thiocarbonyl (C=S) groups is 1. The third-order valence-corrected chi connectivity index (χ3v) is 5.60. The Balaban J connectivity index is 1.73. The summed E-state index contributed by atoms with van der Waals surface area (Å²) in [5.41, 5.74) is 1.34. The van der Waals surface area contributed by atoms with Gasteiger partial charge in [-0.15, -0.1) is 11.3 Å². The molecule has 0 saturated carbocycles. The lowest BCUT2D eigenvalue weighted by molar-refractivity contribution is 0.0563. The largest absolute Gasteiger partial charge is 0.493 e. The Morgan fingerprint density at radius 3 is 2.71 bits per heavy atom. The fourth-order valence-electron chi connectivity index (χ4n) is 2.62. The van der Waals surface area contributed by atoms with Crippen LogP contribution in [0.15, 0.2) is 28.7 Å². The zero-order valence-corrected chi connectivity index (χ0v) is 18.8. The van der Waals surface area contributed by atoms with Crippen LogP contribution in [0.4, 0.5) is 4.79 Å². The number of rotatable bonds is 1. The number of hydrogen-bond acceptors (Lipinski definition) is 6. The van der Waals surface area contributed by atoms with Crippen LogP contribution in [0.2, 0.25) is 0 Å². The number of carbonyl (C=O) groups excluding carboxylic acids is 2. The first kappa shape index (κ1) is 20.8. The van der Waals surface area contributed by atoms with E-state index in [1.54, 1.807) is 20.8 Å². The van der Waals surface area contributed by atoms with Gasteiger partial charge in [-0.05, 0) is 62.8 Å². The van der Waals surface area contributed by atoms with Crippen molar-refractivity contribution >= 4 is 56.6 Å². The minimum absolute atomic E-state index is 0.101. The molecule has 1 aromatic heterocycles. The molecule has 2 N–H and O–H groups in total. The van der Waals surface area contributed by atoms with E-state index < -0.39 is 11.7 Å². The number of halogens is 1. The van der Waals surface area contributed by atoms with Gasteiger partial charge in [0, 0.05) is 21.3 Å². The second-order valence-corrected chi connectivity index (χ2v) is 9.49. The molecule has 0 bridgehead atoms. The standard InChI is InChI=1S/C19H19BrN2O4S2/c1-19(2,3)26-18(24)22-17(27)21-16(23)14-8-10-6-7-25-13-9-11(20)4-5-12(13)15(10)28-14/h4-5,8-9H,6-7H2,1-3H3,(H2,21,22,23,24,27).